The molecular weight excluding hydrogens is 472 g/mol. The van der Waals surface area contributed by atoms with E-state index in [2.05, 4.69) is 57.8 Å². The summed E-state index contributed by atoms with van der Waals surface area (Å²) in [6.07, 6.45) is 4.56. The van der Waals surface area contributed by atoms with Gasteiger partial charge in [0.2, 0.25) is 0 Å². The maximum atomic E-state index is 9.30. The molecule has 0 aliphatic carbocycles. The van der Waals surface area contributed by atoms with E-state index < -0.39 is 0 Å². The Labute approximate surface area is 226 Å². The van der Waals surface area contributed by atoms with Crippen molar-refractivity contribution in [3.8, 4) is 11.8 Å². The van der Waals surface area contributed by atoms with Crippen LogP contribution in [0.4, 0.5) is 0 Å². The van der Waals surface area contributed by atoms with Crippen LogP contribution in [0.2, 0.25) is 0 Å². The van der Waals surface area contributed by atoms with Crippen LogP contribution in [0.25, 0.3) is 11.0 Å². The predicted octanol–water partition coefficient (Wildman–Crippen LogP) is 6.27. The van der Waals surface area contributed by atoms with Gasteiger partial charge in [-0.25, -0.2) is 0 Å². The van der Waals surface area contributed by atoms with Crippen molar-refractivity contribution < 1.29 is 9.26 Å². The Kier molecular flexibility index (Phi) is 9.91. The summed E-state index contributed by atoms with van der Waals surface area (Å²) in [5.74, 6) is 1.50. The van der Waals surface area contributed by atoms with Gasteiger partial charge in [0.15, 0.2) is 5.58 Å². The Bertz CT molecular complexity index is 1330. The van der Waals surface area contributed by atoms with Crippen LogP contribution in [-0.2, 0) is 19.6 Å². The summed E-state index contributed by atoms with van der Waals surface area (Å²) in [5.41, 5.74) is 5.69. The number of aromatic nitrogens is 1. The summed E-state index contributed by atoms with van der Waals surface area (Å²) in [6.45, 7) is 5.72. The van der Waals surface area contributed by atoms with E-state index in [1.807, 2.05) is 51.4 Å². The standard InChI is InChI=1S/C30H31N3O2.C2H7N/c1-22-29(34-21-26-10-6-5-9-25(26)19-31)14-12-27-28(32-35-30(22)27)13-11-23-15-17-33(18-16-23)20-24-7-3-2-4-8-24;1-3-2/h2-10,12,14,23H,11,13,15-18,20-21H2,1H3;3H,1-2H3. The number of hydrogen-bond acceptors (Lipinski definition) is 6. The lowest BCUT2D eigenvalue weighted by molar-refractivity contribution is 0.172. The summed E-state index contributed by atoms with van der Waals surface area (Å²) in [5, 5.41) is 17.5. The van der Waals surface area contributed by atoms with Crippen LogP contribution in [0.15, 0.2) is 71.3 Å². The molecule has 2 heterocycles. The van der Waals surface area contributed by atoms with E-state index in [0.717, 1.165) is 71.9 Å². The van der Waals surface area contributed by atoms with Gasteiger partial charge in [-0.05, 0) is 89.5 Å². The highest BCUT2D eigenvalue weighted by Gasteiger charge is 2.21. The average Bonchev–Trinajstić information content (AvgIpc) is 3.37. The lowest BCUT2D eigenvalue weighted by atomic mass is 9.91. The fraction of sp³-hybridized carbons (Fsp3) is 0.375. The minimum Gasteiger partial charge on any atom is -0.488 e. The zero-order chi connectivity index (χ0) is 26.7. The number of hydrogen-bond donors (Lipinski definition) is 1. The third-order valence-corrected chi connectivity index (χ3v) is 7.18. The van der Waals surface area contributed by atoms with Crippen LogP contribution in [0, 0.1) is 24.2 Å². The minimum atomic E-state index is 0.347. The molecular formula is C32H38N4O2. The Hall–Kier alpha value is -3.66. The van der Waals surface area contributed by atoms with E-state index in [1.54, 1.807) is 0 Å². The fourth-order valence-corrected chi connectivity index (χ4v) is 5.03. The van der Waals surface area contributed by atoms with Gasteiger partial charge in [-0.1, -0.05) is 53.7 Å². The second kappa shape index (κ2) is 13.8. The van der Waals surface area contributed by atoms with E-state index >= 15 is 0 Å². The van der Waals surface area contributed by atoms with Crippen molar-refractivity contribution in [1.29, 1.82) is 5.26 Å². The molecule has 198 valence electrons. The number of likely N-dealkylation sites (tertiary alicyclic amines) is 1. The van der Waals surface area contributed by atoms with Gasteiger partial charge in [-0.2, -0.15) is 5.26 Å². The van der Waals surface area contributed by atoms with Gasteiger partial charge in [-0.3, -0.25) is 4.90 Å². The molecule has 6 nitrogen and oxygen atoms in total. The minimum absolute atomic E-state index is 0.347. The Morgan fingerprint density at radius 1 is 1.03 bits per heavy atom. The van der Waals surface area contributed by atoms with Crippen molar-refractivity contribution in [1.82, 2.24) is 15.4 Å². The van der Waals surface area contributed by atoms with Crippen molar-refractivity contribution in [3.63, 3.8) is 0 Å². The van der Waals surface area contributed by atoms with Gasteiger partial charge in [0, 0.05) is 23.1 Å². The molecule has 5 rings (SSSR count). The number of aryl methyl sites for hydroxylation is 2. The van der Waals surface area contributed by atoms with E-state index in [0.29, 0.717) is 12.2 Å². The normalized spacial score (nSPS) is 14.1. The van der Waals surface area contributed by atoms with Crippen LogP contribution in [0.5, 0.6) is 5.75 Å². The summed E-state index contributed by atoms with van der Waals surface area (Å²) >= 11 is 0. The SMILES string of the molecule is CNC.Cc1c(OCc2ccccc2C#N)ccc2c(CCC3CCN(Cc4ccccc4)CC3)noc12. The molecule has 0 spiro atoms. The maximum absolute atomic E-state index is 9.30. The van der Waals surface area contributed by atoms with E-state index in [9.17, 15) is 5.26 Å². The molecule has 0 unspecified atom stereocenters. The number of nitrogens with zero attached hydrogens (tertiary/aromatic N) is 3. The van der Waals surface area contributed by atoms with Crippen LogP contribution >= 0.6 is 0 Å². The molecule has 1 saturated heterocycles. The van der Waals surface area contributed by atoms with Crippen molar-refractivity contribution in [3.05, 3.63) is 94.7 Å². The van der Waals surface area contributed by atoms with Crippen molar-refractivity contribution in [2.45, 2.75) is 45.8 Å². The molecule has 1 aliphatic rings. The second-order valence-electron chi connectivity index (χ2n) is 10.00. The smallest absolute Gasteiger partial charge is 0.173 e. The molecule has 3 aromatic carbocycles. The maximum Gasteiger partial charge on any atom is 0.173 e. The van der Waals surface area contributed by atoms with Crippen LogP contribution in [-0.4, -0.2) is 37.2 Å². The first-order valence-corrected chi connectivity index (χ1v) is 13.5. The summed E-state index contributed by atoms with van der Waals surface area (Å²) in [6, 6.07) is 24.5. The molecule has 4 aromatic rings. The largest absolute Gasteiger partial charge is 0.488 e. The lowest BCUT2D eigenvalue weighted by Crippen LogP contribution is -2.33. The molecule has 1 aliphatic heterocycles. The monoisotopic (exact) mass is 510 g/mol. The van der Waals surface area contributed by atoms with E-state index in [4.69, 9.17) is 9.26 Å². The van der Waals surface area contributed by atoms with Gasteiger partial charge in [0.25, 0.3) is 0 Å². The number of fused-ring (bicyclic) bond motifs is 1. The molecule has 1 N–H and O–H groups in total. The zero-order valence-corrected chi connectivity index (χ0v) is 22.7. The highest BCUT2D eigenvalue weighted by molar-refractivity contribution is 5.84. The molecule has 6 heteroatoms. The van der Waals surface area contributed by atoms with Crippen LogP contribution in [0.1, 0.15) is 47.2 Å². The Morgan fingerprint density at radius 3 is 2.47 bits per heavy atom. The molecule has 0 atom stereocenters. The third kappa shape index (κ3) is 7.00. The van der Waals surface area contributed by atoms with E-state index in [-0.39, 0.29) is 0 Å². The molecule has 0 radical (unpaired) electrons. The van der Waals surface area contributed by atoms with Crippen molar-refractivity contribution in [2.24, 2.45) is 5.92 Å². The fourth-order valence-electron chi connectivity index (χ4n) is 5.03. The molecule has 0 bridgehead atoms. The number of piperidine rings is 1. The number of benzene rings is 3. The molecule has 0 amide bonds. The molecule has 0 saturated carbocycles. The lowest BCUT2D eigenvalue weighted by Gasteiger charge is -2.31. The molecule has 1 fully saturated rings. The van der Waals surface area contributed by atoms with Gasteiger partial charge >= 0.3 is 0 Å². The molecule has 1 aromatic heterocycles. The number of ether oxygens (including phenoxy) is 1. The third-order valence-electron chi connectivity index (χ3n) is 7.18. The average molecular weight is 511 g/mol. The number of nitrogens with one attached hydrogen (secondary N) is 1. The summed E-state index contributed by atoms with van der Waals surface area (Å²) in [7, 11) is 3.75. The quantitative estimate of drug-likeness (QED) is 0.301. The second-order valence-corrected chi connectivity index (χ2v) is 10.00. The Morgan fingerprint density at radius 2 is 1.74 bits per heavy atom. The highest BCUT2D eigenvalue weighted by Crippen LogP contribution is 2.32. The van der Waals surface area contributed by atoms with Gasteiger partial charge < -0.3 is 14.6 Å². The molecule has 38 heavy (non-hydrogen) atoms. The van der Waals surface area contributed by atoms with Gasteiger partial charge in [0.05, 0.1) is 17.3 Å². The van der Waals surface area contributed by atoms with Gasteiger partial charge in [-0.15, -0.1) is 0 Å². The number of rotatable bonds is 8. The van der Waals surface area contributed by atoms with Crippen LogP contribution in [0.3, 0.4) is 0 Å². The van der Waals surface area contributed by atoms with E-state index in [1.165, 1.54) is 18.4 Å². The Balaban J connectivity index is 0.00000107. The van der Waals surface area contributed by atoms with Crippen molar-refractivity contribution in [2.75, 3.05) is 27.2 Å². The van der Waals surface area contributed by atoms with Crippen molar-refractivity contribution >= 4 is 11.0 Å². The summed E-state index contributed by atoms with van der Waals surface area (Å²) < 4.78 is 11.8. The zero-order valence-electron chi connectivity index (χ0n) is 22.7. The first-order valence-electron chi connectivity index (χ1n) is 13.5. The number of nitriles is 1. The first kappa shape index (κ1) is 27.4. The highest BCUT2D eigenvalue weighted by atomic mass is 16.5. The topological polar surface area (TPSA) is 74.3 Å². The predicted molar refractivity (Wildman–Crippen MR) is 152 cm³/mol. The first-order chi connectivity index (χ1) is 18.6. The summed E-state index contributed by atoms with van der Waals surface area (Å²) in [4.78, 5) is 2.57. The van der Waals surface area contributed by atoms with Gasteiger partial charge in [0.1, 0.15) is 12.4 Å². The van der Waals surface area contributed by atoms with Crippen LogP contribution < -0.4 is 10.1 Å².